The summed E-state index contributed by atoms with van der Waals surface area (Å²) >= 11 is 0. The molecule has 3 aliphatic rings. The van der Waals surface area contributed by atoms with E-state index in [9.17, 15) is 9.90 Å². The first kappa shape index (κ1) is 23.4. The Kier molecular flexibility index (Phi) is 5.82. The van der Waals surface area contributed by atoms with Gasteiger partial charge in [0.25, 0.3) is 0 Å². The summed E-state index contributed by atoms with van der Waals surface area (Å²) in [6, 6.07) is 9.90. The number of hydrogen-bond acceptors (Lipinski definition) is 6. The number of fused-ring (bicyclic) bond motifs is 1. The summed E-state index contributed by atoms with van der Waals surface area (Å²) < 4.78 is 24.5. The monoisotopic (exact) mass is 444 g/mol. The van der Waals surface area contributed by atoms with Gasteiger partial charge in [-0.1, -0.05) is 36.4 Å². The first-order valence-corrected chi connectivity index (χ1v) is 11.5. The molecular formula is C26H36O6. The van der Waals surface area contributed by atoms with E-state index in [1.807, 2.05) is 65.0 Å². The summed E-state index contributed by atoms with van der Waals surface area (Å²) in [5.74, 6) is -1.95. The van der Waals surface area contributed by atoms with Crippen molar-refractivity contribution in [2.45, 2.75) is 83.3 Å². The van der Waals surface area contributed by atoms with Crippen LogP contribution in [0.3, 0.4) is 0 Å². The average Bonchev–Trinajstić information content (AvgIpc) is 3.16. The molecule has 1 heterocycles. The molecule has 0 aromatic heterocycles. The maximum atomic E-state index is 13.9. The molecule has 2 saturated carbocycles. The van der Waals surface area contributed by atoms with Gasteiger partial charge in [-0.3, -0.25) is 4.79 Å². The van der Waals surface area contributed by atoms with Gasteiger partial charge in [-0.05, 0) is 53.0 Å². The van der Waals surface area contributed by atoms with Crippen LogP contribution in [-0.2, 0) is 30.3 Å². The lowest BCUT2D eigenvalue weighted by Crippen LogP contribution is -2.53. The number of benzene rings is 1. The number of rotatable bonds is 6. The second-order valence-corrected chi connectivity index (χ2v) is 10.7. The lowest BCUT2D eigenvalue weighted by Gasteiger charge is -2.42. The van der Waals surface area contributed by atoms with E-state index < -0.39 is 40.5 Å². The van der Waals surface area contributed by atoms with E-state index in [0.29, 0.717) is 26.1 Å². The van der Waals surface area contributed by atoms with Crippen molar-refractivity contribution >= 4 is 5.97 Å². The van der Waals surface area contributed by atoms with Gasteiger partial charge >= 0.3 is 5.97 Å². The first-order valence-electron chi connectivity index (χ1n) is 11.5. The highest BCUT2D eigenvalue weighted by Gasteiger charge is 2.87. The molecule has 6 heteroatoms. The second-order valence-electron chi connectivity index (χ2n) is 10.7. The van der Waals surface area contributed by atoms with Crippen LogP contribution >= 0.6 is 0 Å². The summed E-state index contributed by atoms with van der Waals surface area (Å²) in [6.45, 7) is 14.0. The summed E-state index contributed by atoms with van der Waals surface area (Å²) in [5, 5.41) is 11.2. The quantitative estimate of drug-likeness (QED) is 0.528. The van der Waals surface area contributed by atoms with Crippen LogP contribution < -0.4 is 0 Å². The van der Waals surface area contributed by atoms with Gasteiger partial charge in [-0.25, -0.2) is 0 Å². The molecule has 32 heavy (non-hydrogen) atoms. The largest absolute Gasteiger partial charge is 0.459 e. The van der Waals surface area contributed by atoms with Crippen LogP contribution in [0, 0.1) is 17.3 Å². The molecule has 2 aliphatic carbocycles. The van der Waals surface area contributed by atoms with Gasteiger partial charge in [-0.2, -0.15) is 0 Å². The SMILES string of the molecule is C=C[C@H]1[C@]2(C(=O)OC(C)(C)C)[C@H]([C@H]3COC(C)(C)O3)[C@@H](O)CC[C@@]12OCc1ccccc1. The molecule has 0 radical (unpaired) electrons. The summed E-state index contributed by atoms with van der Waals surface area (Å²) in [5.41, 5.74) is -1.53. The molecule has 0 bridgehead atoms. The van der Waals surface area contributed by atoms with Crippen LogP contribution in [0.2, 0.25) is 0 Å². The number of hydrogen-bond donors (Lipinski definition) is 1. The molecule has 1 aromatic rings. The van der Waals surface area contributed by atoms with Crippen LogP contribution in [-0.4, -0.2) is 46.9 Å². The summed E-state index contributed by atoms with van der Waals surface area (Å²) in [6.07, 6.45) is 1.67. The van der Waals surface area contributed by atoms with Crippen molar-refractivity contribution in [3.05, 3.63) is 48.6 Å². The van der Waals surface area contributed by atoms with Gasteiger partial charge in [0.1, 0.15) is 11.0 Å². The Bertz CT molecular complexity index is 859. The Balaban J connectivity index is 1.74. The number of aliphatic hydroxyl groups is 1. The molecule has 6 nitrogen and oxygen atoms in total. The Morgan fingerprint density at radius 1 is 1.28 bits per heavy atom. The average molecular weight is 445 g/mol. The van der Waals surface area contributed by atoms with Crippen LogP contribution in [0.5, 0.6) is 0 Å². The normalized spacial score (nSPS) is 38.1. The lowest BCUT2D eigenvalue weighted by molar-refractivity contribution is -0.194. The van der Waals surface area contributed by atoms with Gasteiger partial charge in [0.2, 0.25) is 0 Å². The van der Waals surface area contributed by atoms with E-state index in [1.165, 1.54) is 0 Å². The standard InChI is InChI=1S/C26H36O6/c1-7-20-25(30-15-17-11-9-8-10-12-17)14-13-18(27)21(19-16-29-24(5,6)31-19)26(20,25)22(28)32-23(2,3)4/h7-12,18-21,27H,1,13-16H2,2-6H3/t18-,19+,20+,21-,25+,26+/m0/s1. The minimum Gasteiger partial charge on any atom is -0.459 e. The lowest BCUT2D eigenvalue weighted by atomic mass is 9.71. The summed E-state index contributed by atoms with van der Waals surface area (Å²) in [4.78, 5) is 13.9. The highest BCUT2D eigenvalue weighted by Crippen LogP contribution is 2.75. The molecule has 1 aliphatic heterocycles. The maximum absolute atomic E-state index is 13.9. The van der Waals surface area contributed by atoms with Gasteiger partial charge < -0.3 is 24.1 Å². The van der Waals surface area contributed by atoms with Crippen molar-refractivity contribution in [2.75, 3.05) is 6.61 Å². The number of carbonyl (C=O) groups is 1. The topological polar surface area (TPSA) is 74.2 Å². The molecule has 0 amide bonds. The predicted molar refractivity (Wildman–Crippen MR) is 120 cm³/mol. The molecule has 0 spiro atoms. The first-order chi connectivity index (χ1) is 15.0. The van der Waals surface area contributed by atoms with Crippen LogP contribution in [0.1, 0.15) is 53.0 Å². The fraction of sp³-hybridized carbons (Fsp3) is 0.654. The molecule has 1 saturated heterocycles. The molecule has 4 rings (SSSR count). The minimum atomic E-state index is -1.08. The third kappa shape index (κ3) is 3.71. The number of ether oxygens (including phenoxy) is 4. The van der Waals surface area contributed by atoms with Gasteiger partial charge in [0, 0.05) is 11.8 Å². The van der Waals surface area contributed by atoms with Crippen molar-refractivity contribution < 1.29 is 28.8 Å². The third-order valence-corrected chi connectivity index (χ3v) is 7.10. The van der Waals surface area contributed by atoms with Crippen molar-refractivity contribution in [1.29, 1.82) is 0 Å². The zero-order valence-electron chi connectivity index (χ0n) is 19.8. The zero-order valence-corrected chi connectivity index (χ0v) is 19.8. The fourth-order valence-corrected chi connectivity index (χ4v) is 5.94. The molecule has 176 valence electrons. The highest BCUT2D eigenvalue weighted by molar-refractivity contribution is 5.86. The number of esters is 1. The summed E-state index contributed by atoms with van der Waals surface area (Å²) in [7, 11) is 0. The van der Waals surface area contributed by atoms with Crippen LogP contribution in [0.25, 0.3) is 0 Å². The van der Waals surface area contributed by atoms with E-state index >= 15 is 0 Å². The second kappa shape index (κ2) is 7.94. The van der Waals surface area contributed by atoms with Crippen molar-refractivity contribution in [2.24, 2.45) is 17.3 Å². The Hall–Kier alpha value is -1.73. The fourth-order valence-electron chi connectivity index (χ4n) is 5.94. The Morgan fingerprint density at radius 3 is 2.53 bits per heavy atom. The molecule has 6 atom stereocenters. The van der Waals surface area contributed by atoms with E-state index in [-0.39, 0.29) is 11.9 Å². The van der Waals surface area contributed by atoms with E-state index in [0.717, 1.165) is 5.56 Å². The van der Waals surface area contributed by atoms with E-state index in [2.05, 4.69) is 6.58 Å². The van der Waals surface area contributed by atoms with Crippen LogP contribution in [0.15, 0.2) is 43.0 Å². The van der Waals surface area contributed by atoms with E-state index in [1.54, 1.807) is 6.08 Å². The van der Waals surface area contributed by atoms with Crippen LogP contribution in [0.4, 0.5) is 0 Å². The van der Waals surface area contributed by atoms with Crippen molar-refractivity contribution in [3.8, 4) is 0 Å². The van der Waals surface area contributed by atoms with Gasteiger partial charge in [-0.15, -0.1) is 6.58 Å². The molecule has 0 unspecified atom stereocenters. The third-order valence-electron chi connectivity index (χ3n) is 7.10. The number of aliphatic hydroxyl groups excluding tert-OH is 1. The molecule has 1 aromatic carbocycles. The van der Waals surface area contributed by atoms with E-state index in [4.69, 9.17) is 18.9 Å². The van der Waals surface area contributed by atoms with Gasteiger partial charge in [0.15, 0.2) is 5.79 Å². The zero-order chi connectivity index (χ0) is 23.4. The van der Waals surface area contributed by atoms with Gasteiger partial charge in [0.05, 0.1) is 31.0 Å². The highest BCUT2D eigenvalue weighted by atomic mass is 16.7. The molecule has 3 fully saturated rings. The van der Waals surface area contributed by atoms with Crippen molar-refractivity contribution in [3.63, 3.8) is 0 Å². The molecule has 1 N–H and O–H groups in total. The van der Waals surface area contributed by atoms with Crippen molar-refractivity contribution in [1.82, 2.24) is 0 Å². The Labute approximate surface area is 190 Å². The maximum Gasteiger partial charge on any atom is 0.316 e. The minimum absolute atomic E-state index is 0.289. The predicted octanol–water partition coefficient (Wildman–Crippen LogP) is 4.01. The smallest absolute Gasteiger partial charge is 0.316 e. The number of carbonyl (C=O) groups excluding carboxylic acids is 1. The molecular weight excluding hydrogens is 408 g/mol. The Morgan fingerprint density at radius 2 is 1.97 bits per heavy atom.